The van der Waals surface area contributed by atoms with Crippen LogP contribution in [0.3, 0.4) is 0 Å². The molecule has 162 valence electrons. The number of hydrogen-bond acceptors (Lipinski definition) is 5. The summed E-state index contributed by atoms with van der Waals surface area (Å²) in [4.78, 5) is 12.5. The van der Waals surface area contributed by atoms with Crippen LogP contribution in [0.4, 0.5) is 5.69 Å². The quantitative estimate of drug-likeness (QED) is 0.355. The molecular weight excluding hydrogens is 447 g/mol. The zero-order chi connectivity index (χ0) is 22.3. The molecule has 1 aromatic heterocycles. The number of hydrogen-bond donors (Lipinski definition) is 2. The Morgan fingerprint density at radius 2 is 1.53 bits per heavy atom. The van der Waals surface area contributed by atoms with Crippen LogP contribution in [0.25, 0.3) is 0 Å². The van der Waals surface area contributed by atoms with Gasteiger partial charge in [-0.3, -0.25) is 4.79 Å². The van der Waals surface area contributed by atoms with Gasteiger partial charge in [0.1, 0.15) is 6.04 Å². The van der Waals surface area contributed by atoms with E-state index < -0.39 is 11.9 Å². The van der Waals surface area contributed by atoms with Crippen molar-refractivity contribution < 1.29 is 9.21 Å². The maximum atomic E-state index is 12.5. The number of rotatable bonds is 8. The van der Waals surface area contributed by atoms with Gasteiger partial charge in [-0.05, 0) is 53.9 Å². The largest absolute Gasteiger partial charge is 0.414 e. The molecule has 1 unspecified atom stereocenters. The molecule has 0 aliphatic rings. The number of halogens is 2. The van der Waals surface area contributed by atoms with E-state index in [0.717, 1.165) is 16.8 Å². The van der Waals surface area contributed by atoms with Gasteiger partial charge in [0.2, 0.25) is 5.89 Å². The number of nitrogens with zero attached hydrogens (tertiary/aromatic N) is 2. The molecule has 4 rings (SSSR count). The van der Waals surface area contributed by atoms with E-state index in [9.17, 15) is 4.79 Å². The summed E-state index contributed by atoms with van der Waals surface area (Å²) in [6, 6.07) is 24.0. The molecule has 2 N–H and O–H groups in total. The summed E-state index contributed by atoms with van der Waals surface area (Å²) in [5.41, 5.74) is 2.81. The van der Waals surface area contributed by atoms with Gasteiger partial charge < -0.3 is 15.1 Å². The Morgan fingerprint density at radius 3 is 2.22 bits per heavy atom. The van der Waals surface area contributed by atoms with Crippen LogP contribution in [-0.2, 0) is 6.42 Å². The van der Waals surface area contributed by atoms with Crippen LogP contribution < -0.4 is 10.6 Å². The van der Waals surface area contributed by atoms with Crippen molar-refractivity contribution in [3.05, 3.63) is 112 Å². The summed E-state index contributed by atoms with van der Waals surface area (Å²) in [6.45, 7) is 0.432. The molecule has 0 radical (unpaired) electrons. The fourth-order valence-electron chi connectivity index (χ4n) is 3.13. The summed E-state index contributed by atoms with van der Waals surface area (Å²) in [5, 5.41) is 15.5. The molecule has 8 heteroatoms. The van der Waals surface area contributed by atoms with E-state index in [1.54, 1.807) is 12.1 Å². The number of amides is 1. The van der Waals surface area contributed by atoms with Crippen molar-refractivity contribution >= 4 is 34.8 Å². The van der Waals surface area contributed by atoms with E-state index >= 15 is 0 Å². The Hall–Kier alpha value is -3.35. The number of nitrogens with one attached hydrogen (secondary N) is 2. The predicted molar refractivity (Wildman–Crippen MR) is 125 cm³/mol. The second-order valence-corrected chi connectivity index (χ2v) is 7.95. The lowest BCUT2D eigenvalue weighted by Gasteiger charge is -2.17. The molecule has 1 atom stereocenters. The topological polar surface area (TPSA) is 80.0 Å². The minimum absolute atomic E-state index is 0.0927. The van der Waals surface area contributed by atoms with Gasteiger partial charge in [0.05, 0.1) is 0 Å². The molecule has 0 bridgehead atoms. The van der Waals surface area contributed by atoms with Gasteiger partial charge in [-0.2, -0.15) is 0 Å². The highest BCUT2D eigenvalue weighted by atomic mass is 35.5. The van der Waals surface area contributed by atoms with Gasteiger partial charge in [-0.25, -0.2) is 0 Å². The van der Waals surface area contributed by atoms with Gasteiger partial charge in [0, 0.05) is 22.3 Å². The van der Waals surface area contributed by atoms with Gasteiger partial charge in [0.15, 0.2) is 0 Å². The Balaban J connectivity index is 1.46. The number of para-hydroxylation sites is 1. The van der Waals surface area contributed by atoms with Crippen LogP contribution >= 0.6 is 23.2 Å². The third-order valence-corrected chi connectivity index (χ3v) is 5.29. The van der Waals surface area contributed by atoms with Crippen LogP contribution in [0, 0.1) is 0 Å². The highest BCUT2D eigenvalue weighted by Gasteiger charge is 2.23. The van der Waals surface area contributed by atoms with E-state index in [2.05, 4.69) is 20.8 Å². The van der Waals surface area contributed by atoms with Gasteiger partial charge in [0.25, 0.3) is 0 Å². The molecule has 0 saturated heterocycles. The number of carbonyl (C=O) groups is 1. The average molecular weight is 467 g/mol. The molecule has 0 aliphatic carbocycles. The first kappa shape index (κ1) is 21.9. The second-order valence-electron chi connectivity index (χ2n) is 7.07. The minimum Gasteiger partial charge on any atom is -0.414 e. The van der Waals surface area contributed by atoms with Crippen molar-refractivity contribution in [1.82, 2.24) is 15.5 Å². The van der Waals surface area contributed by atoms with E-state index in [0.29, 0.717) is 23.0 Å². The highest BCUT2D eigenvalue weighted by Crippen LogP contribution is 2.27. The SMILES string of the molecule is O=C(NCCc1ccc(Cl)cc1)c1nnc(C(Nc2ccccc2)c2ccc(Cl)cc2)o1. The zero-order valence-corrected chi connectivity index (χ0v) is 18.5. The Labute approximate surface area is 195 Å². The van der Waals surface area contributed by atoms with Gasteiger partial charge in [-0.15, -0.1) is 10.2 Å². The first-order valence-electron chi connectivity index (χ1n) is 10.0. The Bertz CT molecular complexity index is 1160. The predicted octanol–water partition coefficient (Wildman–Crippen LogP) is 5.55. The molecule has 1 amide bonds. The van der Waals surface area contributed by atoms with Crippen molar-refractivity contribution in [2.45, 2.75) is 12.5 Å². The van der Waals surface area contributed by atoms with Gasteiger partial charge >= 0.3 is 11.8 Å². The summed E-state index contributed by atoms with van der Waals surface area (Å²) >= 11 is 11.9. The van der Waals surface area contributed by atoms with Gasteiger partial charge in [-0.1, -0.05) is 65.7 Å². The molecule has 3 aromatic carbocycles. The average Bonchev–Trinajstić information content (AvgIpc) is 3.30. The van der Waals surface area contributed by atoms with Crippen LogP contribution in [0.5, 0.6) is 0 Å². The third kappa shape index (κ3) is 5.66. The maximum Gasteiger partial charge on any atom is 0.308 e. The second kappa shape index (κ2) is 10.3. The summed E-state index contributed by atoms with van der Waals surface area (Å²) < 4.78 is 5.74. The van der Waals surface area contributed by atoms with Crippen LogP contribution in [0.15, 0.2) is 83.3 Å². The van der Waals surface area contributed by atoms with Crippen molar-refractivity contribution in [3.63, 3.8) is 0 Å². The Kier molecular flexibility index (Phi) is 7.04. The van der Waals surface area contributed by atoms with Crippen molar-refractivity contribution in [3.8, 4) is 0 Å². The first-order valence-corrected chi connectivity index (χ1v) is 10.8. The fourth-order valence-corrected chi connectivity index (χ4v) is 3.39. The normalized spacial score (nSPS) is 11.7. The van der Waals surface area contributed by atoms with E-state index in [-0.39, 0.29) is 11.8 Å². The van der Waals surface area contributed by atoms with E-state index in [1.165, 1.54) is 0 Å². The third-order valence-electron chi connectivity index (χ3n) is 4.78. The van der Waals surface area contributed by atoms with Crippen molar-refractivity contribution in [2.75, 3.05) is 11.9 Å². The highest BCUT2D eigenvalue weighted by molar-refractivity contribution is 6.30. The number of anilines is 1. The fraction of sp³-hybridized carbons (Fsp3) is 0.125. The minimum atomic E-state index is -0.446. The molecule has 0 spiro atoms. The molecule has 6 nitrogen and oxygen atoms in total. The van der Waals surface area contributed by atoms with Crippen LogP contribution in [0.2, 0.25) is 10.0 Å². The zero-order valence-electron chi connectivity index (χ0n) is 17.0. The maximum absolute atomic E-state index is 12.5. The lowest BCUT2D eigenvalue weighted by molar-refractivity contribution is 0.0917. The monoisotopic (exact) mass is 466 g/mol. The number of aromatic nitrogens is 2. The summed E-state index contributed by atoms with van der Waals surface area (Å²) in [5.74, 6) is -0.240. The number of benzene rings is 3. The smallest absolute Gasteiger partial charge is 0.308 e. The molecule has 0 fully saturated rings. The lowest BCUT2D eigenvalue weighted by Crippen LogP contribution is -2.26. The van der Waals surface area contributed by atoms with E-state index in [4.69, 9.17) is 27.6 Å². The molecule has 0 aliphatic heterocycles. The molecule has 0 saturated carbocycles. The Morgan fingerprint density at radius 1 is 0.875 bits per heavy atom. The molecule has 32 heavy (non-hydrogen) atoms. The first-order chi connectivity index (χ1) is 15.6. The molecule has 1 heterocycles. The summed E-state index contributed by atoms with van der Waals surface area (Å²) in [6.07, 6.45) is 0.660. The van der Waals surface area contributed by atoms with Crippen molar-refractivity contribution in [1.29, 1.82) is 0 Å². The number of carbonyl (C=O) groups excluding carboxylic acids is 1. The van der Waals surface area contributed by atoms with Crippen LogP contribution in [-0.4, -0.2) is 22.6 Å². The van der Waals surface area contributed by atoms with Crippen molar-refractivity contribution in [2.24, 2.45) is 0 Å². The summed E-state index contributed by atoms with van der Waals surface area (Å²) in [7, 11) is 0. The van der Waals surface area contributed by atoms with E-state index in [1.807, 2.05) is 66.7 Å². The van der Waals surface area contributed by atoms with Crippen LogP contribution in [0.1, 0.15) is 33.7 Å². The molecular formula is C24H20Cl2N4O2. The standard InChI is InChI=1S/C24H20Cl2N4O2/c25-18-10-6-16(7-11-18)14-15-27-22(31)24-30-29-23(32-24)21(17-8-12-19(26)13-9-17)28-20-4-2-1-3-5-20/h1-13,21,28H,14-15H2,(H,27,31). The lowest BCUT2D eigenvalue weighted by atomic mass is 10.1. The molecule has 4 aromatic rings.